The van der Waals surface area contributed by atoms with E-state index in [1.54, 1.807) is 73.3 Å². The van der Waals surface area contributed by atoms with Crippen LogP contribution in [0.2, 0.25) is 0 Å². The first-order chi connectivity index (χ1) is 11.7. The van der Waals surface area contributed by atoms with Crippen molar-refractivity contribution in [1.82, 2.24) is 0 Å². The molecule has 0 radical (unpaired) electrons. The van der Waals surface area contributed by atoms with Crippen molar-refractivity contribution in [3.8, 4) is 0 Å². The van der Waals surface area contributed by atoms with E-state index in [1.165, 1.54) is 9.35 Å². The van der Waals surface area contributed by atoms with Gasteiger partial charge in [0.05, 0.1) is 11.8 Å². The molecule has 0 atom stereocenters. The Labute approximate surface area is 138 Å². The molecule has 0 N–H and O–H groups in total. The smallest absolute Gasteiger partial charge is 0.202 e. The zero-order chi connectivity index (χ0) is 16.8. The molecule has 3 rings (SSSR count). The highest BCUT2D eigenvalue weighted by molar-refractivity contribution is 5.93. The summed E-state index contributed by atoms with van der Waals surface area (Å²) in [6.45, 7) is 0. The van der Waals surface area contributed by atoms with Crippen molar-refractivity contribution < 1.29 is 19.6 Å². The Hall–Kier alpha value is -3.54. The van der Waals surface area contributed by atoms with Crippen LogP contribution < -0.4 is 19.6 Å². The largest absolute Gasteiger partial charge is 0.854 e. The molecule has 0 amide bonds. The summed E-state index contributed by atoms with van der Waals surface area (Å²) in [5.74, 6) is -0.779. The summed E-state index contributed by atoms with van der Waals surface area (Å²) >= 11 is 0. The number of hydrogen-bond acceptors (Lipinski definition) is 4. The second kappa shape index (κ2) is 7.15. The molecule has 0 aliphatic heterocycles. The molecule has 118 valence electrons. The van der Waals surface area contributed by atoms with Gasteiger partial charge in [-0.25, -0.2) is 0 Å². The normalized spacial score (nSPS) is 12.2. The molecule has 6 heteroatoms. The highest BCUT2D eigenvalue weighted by Gasteiger charge is 2.01. The topological polar surface area (TPSA) is 78.6 Å². The van der Waals surface area contributed by atoms with Gasteiger partial charge in [0.2, 0.25) is 24.8 Å². The van der Waals surface area contributed by atoms with Gasteiger partial charge < -0.3 is 10.2 Å². The Bertz CT molecular complexity index is 786. The molecule has 1 aromatic carbocycles. The predicted molar refractivity (Wildman–Crippen MR) is 83.6 cm³/mol. The zero-order valence-corrected chi connectivity index (χ0v) is 12.7. The lowest BCUT2D eigenvalue weighted by Gasteiger charge is -2.10. The van der Waals surface area contributed by atoms with Gasteiger partial charge in [0.25, 0.3) is 0 Å². The van der Waals surface area contributed by atoms with Crippen molar-refractivity contribution in [2.45, 2.75) is 0 Å². The third kappa shape index (κ3) is 3.80. The van der Waals surface area contributed by atoms with Crippen molar-refractivity contribution in [3.05, 3.63) is 96.6 Å². The summed E-state index contributed by atoms with van der Waals surface area (Å²) in [5, 5.41) is 32.0. The minimum Gasteiger partial charge on any atom is -0.854 e. The number of rotatable bonds is 4. The van der Waals surface area contributed by atoms with Crippen LogP contribution in [-0.4, -0.2) is 11.8 Å². The van der Waals surface area contributed by atoms with E-state index in [-0.39, 0.29) is 11.8 Å². The van der Waals surface area contributed by atoms with Crippen LogP contribution in [0.1, 0.15) is 11.1 Å². The Morgan fingerprint density at radius 2 is 0.917 bits per heavy atom. The van der Waals surface area contributed by atoms with Gasteiger partial charge in [0, 0.05) is 24.3 Å². The highest BCUT2D eigenvalue weighted by Crippen LogP contribution is 2.03. The molecule has 2 heterocycles. The van der Waals surface area contributed by atoms with Crippen LogP contribution >= 0.6 is 0 Å². The van der Waals surface area contributed by atoms with Gasteiger partial charge in [-0.3, -0.25) is 0 Å². The van der Waals surface area contributed by atoms with Gasteiger partial charge in [0.1, 0.15) is 0 Å². The number of hydrogen-bond donors (Lipinski definition) is 0. The fraction of sp³-hybridized carbons (Fsp3) is 0. The van der Waals surface area contributed by atoms with E-state index in [2.05, 4.69) is 10.2 Å². The lowest BCUT2D eigenvalue weighted by molar-refractivity contribution is -0.681. The first-order valence-corrected chi connectivity index (χ1v) is 7.28. The lowest BCUT2D eigenvalue weighted by atomic mass is 10.1. The fourth-order valence-electron chi connectivity index (χ4n) is 1.99. The third-order valence-electron chi connectivity index (χ3n) is 3.19. The van der Waals surface area contributed by atoms with Crippen LogP contribution in [0.5, 0.6) is 0 Å². The highest BCUT2D eigenvalue weighted by atomic mass is 16.3. The Morgan fingerprint density at radius 1 is 0.583 bits per heavy atom. The first-order valence-electron chi connectivity index (χ1n) is 7.28. The molecular formula is C18H14N4O2. The average Bonchev–Trinajstić information content (AvgIpc) is 2.63. The summed E-state index contributed by atoms with van der Waals surface area (Å²) in [7, 11) is 0. The monoisotopic (exact) mass is 318 g/mol. The molecule has 0 aliphatic carbocycles. The Kier molecular flexibility index (Phi) is 4.57. The molecule has 0 spiro atoms. The molecule has 2 aromatic heterocycles. The molecule has 3 aromatic rings. The van der Waals surface area contributed by atoms with E-state index in [4.69, 9.17) is 0 Å². The van der Waals surface area contributed by atoms with E-state index in [0.29, 0.717) is 11.1 Å². The van der Waals surface area contributed by atoms with Crippen LogP contribution in [0.15, 0.2) is 95.7 Å². The van der Waals surface area contributed by atoms with Crippen LogP contribution in [-0.2, 0) is 0 Å². The van der Waals surface area contributed by atoms with Crippen molar-refractivity contribution in [2.24, 2.45) is 10.2 Å². The molecule has 0 saturated heterocycles. The second-order valence-corrected chi connectivity index (χ2v) is 4.90. The fourth-order valence-corrected chi connectivity index (χ4v) is 1.99. The lowest BCUT2D eigenvalue weighted by Crippen LogP contribution is -2.34. The molecule has 6 nitrogen and oxygen atoms in total. The van der Waals surface area contributed by atoms with E-state index in [0.717, 1.165) is 0 Å². The van der Waals surface area contributed by atoms with Crippen molar-refractivity contribution in [3.63, 3.8) is 0 Å². The summed E-state index contributed by atoms with van der Waals surface area (Å²) in [6, 6.07) is 17.0. The standard InChI is InChI=1S/C18H14N4O2/c23-17(19-21-11-3-1-4-12-21)15-7-9-16(10-8-15)18(24)20-22-13-5-2-6-14-22/h1-14H. The average molecular weight is 318 g/mol. The van der Waals surface area contributed by atoms with Gasteiger partial charge in [-0.15, -0.1) is 0 Å². The minimum atomic E-state index is -0.389. The number of nitrogens with zero attached hydrogens (tertiary/aromatic N) is 4. The molecule has 0 unspecified atom stereocenters. The van der Waals surface area contributed by atoms with Crippen molar-refractivity contribution in [2.75, 3.05) is 0 Å². The molecule has 0 aliphatic rings. The van der Waals surface area contributed by atoms with E-state index >= 15 is 0 Å². The van der Waals surface area contributed by atoms with Gasteiger partial charge in [-0.2, -0.15) is 0 Å². The molecule has 0 saturated carbocycles. The minimum absolute atomic E-state index is 0.389. The number of benzene rings is 1. The molecule has 24 heavy (non-hydrogen) atoms. The van der Waals surface area contributed by atoms with Gasteiger partial charge >= 0.3 is 0 Å². The van der Waals surface area contributed by atoms with Crippen molar-refractivity contribution >= 4 is 11.8 Å². The third-order valence-corrected chi connectivity index (χ3v) is 3.19. The summed E-state index contributed by atoms with van der Waals surface area (Å²) < 4.78 is 2.87. The summed E-state index contributed by atoms with van der Waals surface area (Å²) in [4.78, 5) is 0. The SMILES string of the molecule is [O-]/C(=N\[n+]1ccccc1)c1ccc(/C([O-])=N/[n+]2ccccc2)cc1. The Balaban J connectivity index is 1.80. The first kappa shape index (κ1) is 15.4. The second-order valence-electron chi connectivity index (χ2n) is 4.90. The van der Waals surface area contributed by atoms with E-state index < -0.39 is 0 Å². The van der Waals surface area contributed by atoms with Crippen LogP contribution in [0.25, 0.3) is 0 Å². The van der Waals surface area contributed by atoms with Crippen molar-refractivity contribution in [1.29, 1.82) is 0 Å². The van der Waals surface area contributed by atoms with Gasteiger partial charge in [0.15, 0.2) is 0 Å². The molecule has 0 fully saturated rings. The summed E-state index contributed by atoms with van der Waals surface area (Å²) in [6.07, 6.45) is 6.69. The number of aromatic nitrogens is 2. The Morgan fingerprint density at radius 3 is 1.25 bits per heavy atom. The van der Waals surface area contributed by atoms with E-state index in [1.807, 2.05) is 12.1 Å². The summed E-state index contributed by atoms with van der Waals surface area (Å²) in [5.41, 5.74) is 0.797. The number of pyridine rings is 2. The molecular weight excluding hydrogens is 304 g/mol. The maximum absolute atomic E-state index is 12.1. The maximum Gasteiger partial charge on any atom is 0.202 e. The van der Waals surface area contributed by atoms with Crippen LogP contribution in [0, 0.1) is 0 Å². The van der Waals surface area contributed by atoms with Gasteiger partial charge in [-0.1, -0.05) is 45.8 Å². The van der Waals surface area contributed by atoms with Gasteiger partial charge in [-0.05, 0) is 21.3 Å². The zero-order valence-electron chi connectivity index (χ0n) is 12.7. The van der Waals surface area contributed by atoms with E-state index in [9.17, 15) is 10.2 Å². The van der Waals surface area contributed by atoms with Crippen LogP contribution in [0.4, 0.5) is 0 Å². The quantitative estimate of drug-likeness (QED) is 0.366. The molecule has 0 bridgehead atoms. The maximum atomic E-state index is 12.1. The van der Waals surface area contributed by atoms with Crippen LogP contribution in [0.3, 0.4) is 0 Å². The predicted octanol–water partition coefficient (Wildman–Crippen LogP) is -0.598.